The monoisotopic (exact) mass is 214 g/mol. The van der Waals surface area contributed by atoms with E-state index in [1.54, 1.807) is 0 Å². The first kappa shape index (κ1) is 12.5. The van der Waals surface area contributed by atoms with Gasteiger partial charge in [0.2, 0.25) is 5.91 Å². The van der Waals surface area contributed by atoms with Crippen molar-refractivity contribution in [1.29, 1.82) is 0 Å². The second kappa shape index (κ2) is 6.08. The van der Waals surface area contributed by atoms with Gasteiger partial charge in [-0.1, -0.05) is 13.8 Å². The number of nitrogens with two attached hydrogens (primary N) is 1. The van der Waals surface area contributed by atoms with E-state index >= 15 is 0 Å². The summed E-state index contributed by atoms with van der Waals surface area (Å²) in [5.74, 6) is 0.396. The molecule has 0 saturated carbocycles. The van der Waals surface area contributed by atoms with Crippen molar-refractivity contribution < 1.29 is 9.53 Å². The first-order chi connectivity index (χ1) is 7.09. The summed E-state index contributed by atoms with van der Waals surface area (Å²) in [5.41, 5.74) is 5.75. The molecule has 1 saturated heterocycles. The van der Waals surface area contributed by atoms with E-state index in [4.69, 9.17) is 10.5 Å². The van der Waals surface area contributed by atoms with Gasteiger partial charge in [0, 0.05) is 13.2 Å². The Balaban J connectivity index is 2.16. The van der Waals surface area contributed by atoms with E-state index in [0.717, 1.165) is 25.9 Å². The van der Waals surface area contributed by atoms with E-state index in [2.05, 4.69) is 19.2 Å². The molecule has 1 heterocycles. The van der Waals surface area contributed by atoms with Crippen molar-refractivity contribution in [2.45, 2.75) is 45.3 Å². The average Bonchev–Trinajstić information content (AvgIpc) is 2.65. The standard InChI is InChI=1S/C11H22N2O2/c1-8(2)6-10(12)11(14)13-7-9-4-3-5-15-9/h8-10H,3-7,12H2,1-2H3,(H,13,14)/t9-,10-/m0/s1. The molecule has 4 heteroatoms. The molecule has 3 N–H and O–H groups in total. The SMILES string of the molecule is CC(C)C[C@H](N)C(=O)NC[C@@H]1CCCO1. The first-order valence-corrected chi connectivity index (χ1v) is 5.74. The van der Waals surface area contributed by atoms with Crippen LogP contribution in [0.1, 0.15) is 33.1 Å². The molecular formula is C11H22N2O2. The third-order valence-corrected chi connectivity index (χ3v) is 2.59. The molecule has 88 valence electrons. The summed E-state index contributed by atoms with van der Waals surface area (Å²) in [6.45, 7) is 5.55. The molecule has 15 heavy (non-hydrogen) atoms. The maximum Gasteiger partial charge on any atom is 0.237 e. The minimum atomic E-state index is -0.383. The molecule has 0 unspecified atom stereocenters. The summed E-state index contributed by atoms with van der Waals surface area (Å²) in [7, 11) is 0. The Bertz CT molecular complexity index is 201. The van der Waals surface area contributed by atoms with Gasteiger partial charge in [0.1, 0.15) is 0 Å². The number of rotatable bonds is 5. The zero-order chi connectivity index (χ0) is 11.3. The van der Waals surface area contributed by atoms with E-state index in [1.165, 1.54) is 0 Å². The van der Waals surface area contributed by atoms with Crippen LogP contribution >= 0.6 is 0 Å². The van der Waals surface area contributed by atoms with Gasteiger partial charge >= 0.3 is 0 Å². The second-order valence-electron chi connectivity index (χ2n) is 4.62. The van der Waals surface area contributed by atoms with E-state index in [0.29, 0.717) is 12.5 Å². The Morgan fingerprint density at radius 3 is 2.87 bits per heavy atom. The van der Waals surface area contributed by atoms with Gasteiger partial charge in [-0.15, -0.1) is 0 Å². The smallest absolute Gasteiger partial charge is 0.237 e. The molecule has 0 radical (unpaired) electrons. The van der Waals surface area contributed by atoms with Crippen LogP contribution in [0.2, 0.25) is 0 Å². The molecule has 1 fully saturated rings. The van der Waals surface area contributed by atoms with Crippen LogP contribution in [-0.2, 0) is 9.53 Å². The third-order valence-electron chi connectivity index (χ3n) is 2.59. The van der Waals surface area contributed by atoms with Crippen molar-refractivity contribution in [2.75, 3.05) is 13.2 Å². The van der Waals surface area contributed by atoms with Gasteiger partial charge in [0.05, 0.1) is 12.1 Å². The molecular weight excluding hydrogens is 192 g/mol. The van der Waals surface area contributed by atoms with Gasteiger partial charge in [0.25, 0.3) is 0 Å². The summed E-state index contributed by atoms with van der Waals surface area (Å²) in [6, 6.07) is -0.383. The lowest BCUT2D eigenvalue weighted by atomic mass is 10.0. The predicted octanol–water partition coefficient (Wildman–Crippen LogP) is 0.655. The maximum absolute atomic E-state index is 11.5. The molecule has 1 aliphatic rings. The van der Waals surface area contributed by atoms with E-state index < -0.39 is 0 Å². The molecule has 0 aromatic heterocycles. The predicted molar refractivity (Wildman–Crippen MR) is 59.4 cm³/mol. The van der Waals surface area contributed by atoms with Gasteiger partial charge in [0.15, 0.2) is 0 Å². The van der Waals surface area contributed by atoms with Crippen LogP contribution in [0.15, 0.2) is 0 Å². The van der Waals surface area contributed by atoms with Gasteiger partial charge in [-0.25, -0.2) is 0 Å². The normalized spacial score (nSPS) is 23.1. The number of hydrogen-bond donors (Lipinski definition) is 2. The molecule has 1 rings (SSSR count). The fourth-order valence-electron chi connectivity index (χ4n) is 1.77. The highest BCUT2D eigenvalue weighted by Crippen LogP contribution is 2.10. The van der Waals surface area contributed by atoms with Crippen LogP contribution in [0.4, 0.5) is 0 Å². The Kier molecular flexibility index (Phi) is 5.05. The number of carbonyl (C=O) groups is 1. The first-order valence-electron chi connectivity index (χ1n) is 5.74. The number of amides is 1. The molecule has 0 aromatic rings. The van der Waals surface area contributed by atoms with Crippen molar-refractivity contribution in [3.63, 3.8) is 0 Å². The Morgan fingerprint density at radius 2 is 2.33 bits per heavy atom. The van der Waals surface area contributed by atoms with Crippen LogP contribution in [0.3, 0.4) is 0 Å². The van der Waals surface area contributed by atoms with Crippen LogP contribution in [0.25, 0.3) is 0 Å². The van der Waals surface area contributed by atoms with Crippen LogP contribution < -0.4 is 11.1 Å². The summed E-state index contributed by atoms with van der Waals surface area (Å²) in [6.07, 6.45) is 3.07. The minimum Gasteiger partial charge on any atom is -0.376 e. The number of nitrogens with one attached hydrogen (secondary N) is 1. The van der Waals surface area contributed by atoms with Crippen molar-refractivity contribution in [3.8, 4) is 0 Å². The Morgan fingerprint density at radius 1 is 1.60 bits per heavy atom. The fraction of sp³-hybridized carbons (Fsp3) is 0.909. The topological polar surface area (TPSA) is 64.4 Å². The maximum atomic E-state index is 11.5. The number of carbonyl (C=O) groups excluding carboxylic acids is 1. The summed E-state index contributed by atoms with van der Waals surface area (Å²) in [4.78, 5) is 11.5. The zero-order valence-electron chi connectivity index (χ0n) is 9.66. The quantitative estimate of drug-likeness (QED) is 0.706. The number of ether oxygens (including phenoxy) is 1. The average molecular weight is 214 g/mol. The fourth-order valence-corrected chi connectivity index (χ4v) is 1.77. The van der Waals surface area contributed by atoms with Crippen molar-refractivity contribution >= 4 is 5.91 Å². The van der Waals surface area contributed by atoms with Crippen LogP contribution in [-0.4, -0.2) is 31.2 Å². The molecule has 4 nitrogen and oxygen atoms in total. The Labute approximate surface area is 91.5 Å². The summed E-state index contributed by atoms with van der Waals surface area (Å²) in [5, 5.41) is 2.84. The zero-order valence-corrected chi connectivity index (χ0v) is 9.66. The van der Waals surface area contributed by atoms with E-state index in [1.807, 2.05) is 0 Å². The Hall–Kier alpha value is -0.610. The molecule has 0 aromatic carbocycles. The summed E-state index contributed by atoms with van der Waals surface area (Å²) >= 11 is 0. The van der Waals surface area contributed by atoms with Gasteiger partial charge < -0.3 is 15.8 Å². The molecule has 2 atom stereocenters. The minimum absolute atomic E-state index is 0.0563. The molecule has 1 amide bonds. The van der Waals surface area contributed by atoms with Gasteiger partial charge in [-0.3, -0.25) is 4.79 Å². The molecule has 1 aliphatic heterocycles. The lowest BCUT2D eigenvalue weighted by Gasteiger charge is -2.16. The third kappa shape index (κ3) is 4.62. The summed E-state index contributed by atoms with van der Waals surface area (Å²) < 4.78 is 5.41. The second-order valence-corrected chi connectivity index (χ2v) is 4.62. The lowest BCUT2D eigenvalue weighted by Crippen LogP contribution is -2.43. The molecule has 0 bridgehead atoms. The highest BCUT2D eigenvalue weighted by molar-refractivity contribution is 5.81. The van der Waals surface area contributed by atoms with Crippen molar-refractivity contribution in [2.24, 2.45) is 11.7 Å². The highest BCUT2D eigenvalue weighted by atomic mass is 16.5. The number of hydrogen-bond acceptors (Lipinski definition) is 3. The molecule has 0 aliphatic carbocycles. The van der Waals surface area contributed by atoms with Crippen molar-refractivity contribution in [1.82, 2.24) is 5.32 Å². The van der Waals surface area contributed by atoms with E-state index in [-0.39, 0.29) is 18.1 Å². The van der Waals surface area contributed by atoms with E-state index in [9.17, 15) is 4.79 Å². The van der Waals surface area contributed by atoms with Crippen LogP contribution in [0, 0.1) is 5.92 Å². The van der Waals surface area contributed by atoms with Crippen molar-refractivity contribution in [3.05, 3.63) is 0 Å². The van der Waals surface area contributed by atoms with Gasteiger partial charge in [-0.05, 0) is 25.2 Å². The molecule has 0 spiro atoms. The largest absolute Gasteiger partial charge is 0.376 e. The lowest BCUT2D eigenvalue weighted by molar-refractivity contribution is -0.123. The van der Waals surface area contributed by atoms with Gasteiger partial charge in [-0.2, -0.15) is 0 Å². The highest BCUT2D eigenvalue weighted by Gasteiger charge is 2.19. The van der Waals surface area contributed by atoms with Crippen LogP contribution in [0.5, 0.6) is 0 Å².